The van der Waals surface area contributed by atoms with Crippen molar-refractivity contribution in [3.8, 4) is 5.75 Å². The molecule has 0 radical (unpaired) electrons. The van der Waals surface area contributed by atoms with Gasteiger partial charge in [0.25, 0.3) is 0 Å². The number of aryl methyl sites for hydroxylation is 1. The molecule has 0 saturated heterocycles. The average molecular weight is 314 g/mol. The number of hydrogen-bond donors (Lipinski definition) is 2. The van der Waals surface area contributed by atoms with E-state index in [1.165, 1.54) is 0 Å². The van der Waals surface area contributed by atoms with Crippen molar-refractivity contribution in [3.05, 3.63) is 65.7 Å². The molecule has 0 fully saturated rings. The molecule has 0 aliphatic carbocycles. The predicted octanol–water partition coefficient (Wildman–Crippen LogP) is 2.21. The van der Waals surface area contributed by atoms with E-state index in [1.54, 1.807) is 24.3 Å². The van der Waals surface area contributed by atoms with Crippen molar-refractivity contribution in [2.45, 2.75) is 25.4 Å². The van der Waals surface area contributed by atoms with Crippen LogP contribution in [0.2, 0.25) is 0 Å². The third-order valence-electron chi connectivity index (χ3n) is 3.30. The Morgan fingerprint density at radius 1 is 1.00 bits per heavy atom. The third-order valence-corrected chi connectivity index (χ3v) is 3.30. The van der Waals surface area contributed by atoms with Gasteiger partial charge in [0.15, 0.2) is 6.10 Å². The molecule has 0 spiro atoms. The zero-order valence-electron chi connectivity index (χ0n) is 12.5. The molecule has 2 aromatic carbocycles. The first-order valence-corrected chi connectivity index (χ1v) is 7.29. The van der Waals surface area contributed by atoms with Crippen LogP contribution in [0.4, 0.5) is 0 Å². The van der Waals surface area contributed by atoms with E-state index < -0.39 is 12.1 Å². The van der Waals surface area contributed by atoms with E-state index in [0.29, 0.717) is 17.7 Å². The van der Waals surface area contributed by atoms with Gasteiger partial charge >= 0.3 is 11.9 Å². The topological polar surface area (TPSA) is 83.8 Å². The van der Waals surface area contributed by atoms with Gasteiger partial charge in [0.2, 0.25) is 0 Å². The minimum absolute atomic E-state index is 0.0370. The summed E-state index contributed by atoms with van der Waals surface area (Å²) < 4.78 is 5.25. The van der Waals surface area contributed by atoms with Crippen molar-refractivity contribution < 1.29 is 24.5 Å². The van der Waals surface area contributed by atoms with Gasteiger partial charge in [-0.05, 0) is 29.7 Å². The van der Waals surface area contributed by atoms with Crippen LogP contribution >= 0.6 is 0 Å². The predicted molar refractivity (Wildman–Crippen MR) is 84.2 cm³/mol. The molecule has 120 valence electrons. The van der Waals surface area contributed by atoms with Crippen LogP contribution in [0.25, 0.3) is 0 Å². The molecule has 2 aromatic rings. The summed E-state index contributed by atoms with van der Waals surface area (Å²) in [6, 6.07) is 16.2. The monoisotopic (exact) mass is 314 g/mol. The molecule has 1 atom stereocenters. The van der Waals surface area contributed by atoms with E-state index in [1.807, 2.05) is 30.3 Å². The number of benzene rings is 2. The van der Waals surface area contributed by atoms with Crippen LogP contribution in [0.15, 0.2) is 54.6 Å². The first-order chi connectivity index (χ1) is 11.0. The first kappa shape index (κ1) is 16.7. The van der Waals surface area contributed by atoms with Gasteiger partial charge in [-0.3, -0.25) is 4.79 Å². The van der Waals surface area contributed by atoms with E-state index in [4.69, 9.17) is 9.84 Å². The number of rotatable bonds is 7. The normalized spacial score (nSPS) is 11.7. The second kappa shape index (κ2) is 8.10. The van der Waals surface area contributed by atoms with Crippen molar-refractivity contribution in [1.29, 1.82) is 0 Å². The molecular weight excluding hydrogens is 296 g/mol. The molecule has 5 heteroatoms. The highest BCUT2D eigenvalue weighted by molar-refractivity contribution is 5.73. The molecule has 0 aromatic heterocycles. The number of ether oxygens (including phenoxy) is 1. The van der Waals surface area contributed by atoms with Gasteiger partial charge in [-0.15, -0.1) is 0 Å². The van der Waals surface area contributed by atoms with Crippen molar-refractivity contribution in [2.24, 2.45) is 0 Å². The van der Waals surface area contributed by atoms with Gasteiger partial charge in [-0.25, -0.2) is 4.79 Å². The highest BCUT2D eigenvalue weighted by Crippen LogP contribution is 2.16. The van der Waals surface area contributed by atoms with Crippen LogP contribution < -0.4 is 4.74 Å². The van der Waals surface area contributed by atoms with Crippen molar-refractivity contribution >= 4 is 11.9 Å². The van der Waals surface area contributed by atoms with Gasteiger partial charge in [0.05, 0.1) is 0 Å². The molecule has 0 saturated carbocycles. The number of carbonyl (C=O) groups is 2. The summed E-state index contributed by atoms with van der Waals surface area (Å²) in [4.78, 5) is 22.5. The quantitative estimate of drug-likeness (QED) is 0.605. The highest BCUT2D eigenvalue weighted by Gasteiger charge is 2.14. The fourth-order valence-corrected chi connectivity index (χ4v) is 2.12. The van der Waals surface area contributed by atoms with Gasteiger partial charge in [-0.1, -0.05) is 42.5 Å². The van der Waals surface area contributed by atoms with Crippen LogP contribution in [0.1, 0.15) is 17.5 Å². The number of aliphatic hydroxyl groups is 1. The van der Waals surface area contributed by atoms with E-state index in [9.17, 15) is 14.7 Å². The maximum atomic E-state index is 11.9. The standard InChI is InChI=1S/C18H18O5/c19-16(18(21)22)12-14-7-4-8-15(11-14)23-17(20)10-9-13-5-2-1-3-6-13/h1-8,11,16,19H,9-10,12H2,(H,21,22). The van der Waals surface area contributed by atoms with Crippen molar-refractivity contribution in [3.63, 3.8) is 0 Å². The van der Waals surface area contributed by atoms with Crippen LogP contribution in [-0.4, -0.2) is 28.3 Å². The summed E-state index contributed by atoms with van der Waals surface area (Å²) >= 11 is 0. The minimum Gasteiger partial charge on any atom is -0.479 e. The summed E-state index contributed by atoms with van der Waals surface area (Å²) in [6.45, 7) is 0. The smallest absolute Gasteiger partial charge is 0.332 e. The van der Waals surface area contributed by atoms with E-state index in [0.717, 1.165) is 5.56 Å². The molecular formula is C18H18O5. The Labute approximate surface area is 134 Å². The van der Waals surface area contributed by atoms with Crippen molar-refractivity contribution in [2.75, 3.05) is 0 Å². The van der Waals surface area contributed by atoms with Gasteiger partial charge in [-0.2, -0.15) is 0 Å². The first-order valence-electron chi connectivity index (χ1n) is 7.29. The summed E-state index contributed by atoms with van der Waals surface area (Å²) in [5, 5.41) is 18.1. The molecule has 0 heterocycles. The van der Waals surface area contributed by atoms with E-state index >= 15 is 0 Å². The maximum absolute atomic E-state index is 11.9. The zero-order valence-corrected chi connectivity index (χ0v) is 12.5. The fourth-order valence-electron chi connectivity index (χ4n) is 2.12. The number of carboxylic acids is 1. The van der Waals surface area contributed by atoms with Crippen LogP contribution in [-0.2, 0) is 22.4 Å². The molecule has 5 nitrogen and oxygen atoms in total. The molecule has 0 aliphatic rings. The molecule has 0 amide bonds. The van der Waals surface area contributed by atoms with Gasteiger partial charge in [0.1, 0.15) is 5.75 Å². The number of aliphatic hydroxyl groups excluding tert-OH is 1. The van der Waals surface area contributed by atoms with Crippen LogP contribution in [0, 0.1) is 0 Å². The molecule has 2 rings (SSSR count). The second-order valence-corrected chi connectivity index (χ2v) is 5.17. The summed E-state index contributed by atoms with van der Waals surface area (Å²) in [6.07, 6.45) is -0.660. The Kier molecular flexibility index (Phi) is 5.88. The summed E-state index contributed by atoms with van der Waals surface area (Å²) in [5.74, 6) is -1.29. The lowest BCUT2D eigenvalue weighted by atomic mass is 10.1. The Hall–Kier alpha value is -2.66. The summed E-state index contributed by atoms with van der Waals surface area (Å²) in [7, 11) is 0. The third kappa shape index (κ3) is 5.56. The van der Waals surface area contributed by atoms with E-state index in [2.05, 4.69) is 0 Å². The van der Waals surface area contributed by atoms with Gasteiger partial charge < -0.3 is 14.9 Å². The SMILES string of the molecule is O=C(CCc1ccccc1)Oc1cccc(CC(O)C(=O)O)c1. The molecule has 0 bridgehead atoms. The number of carbonyl (C=O) groups excluding carboxylic acids is 1. The zero-order chi connectivity index (χ0) is 16.7. The Bertz CT molecular complexity index is 666. The number of aliphatic carboxylic acids is 1. The number of esters is 1. The van der Waals surface area contributed by atoms with E-state index in [-0.39, 0.29) is 18.8 Å². The van der Waals surface area contributed by atoms with Gasteiger partial charge in [0, 0.05) is 12.8 Å². The Morgan fingerprint density at radius 2 is 1.70 bits per heavy atom. The highest BCUT2D eigenvalue weighted by atomic mass is 16.5. The number of carboxylic acid groups (broad SMARTS) is 1. The summed E-state index contributed by atoms with van der Waals surface area (Å²) in [5.41, 5.74) is 1.65. The molecule has 0 aliphatic heterocycles. The Balaban J connectivity index is 1.89. The molecule has 23 heavy (non-hydrogen) atoms. The molecule has 1 unspecified atom stereocenters. The van der Waals surface area contributed by atoms with Crippen LogP contribution in [0.3, 0.4) is 0 Å². The maximum Gasteiger partial charge on any atom is 0.332 e. The van der Waals surface area contributed by atoms with Crippen LogP contribution in [0.5, 0.6) is 5.75 Å². The lowest BCUT2D eigenvalue weighted by molar-refractivity contribution is -0.146. The lowest BCUT2D eigenvalue weighted by Crippen LogP contribution is -2.22. The lowest BCUT2D eigenvalue weighted by Gasteiger charge is -2.08. The largest absolute Gasteiger partial charge is 0.479 e. The van der Waals surface area contributed by atoms with Crippen molar-refractivity contribution in [1.82, 2.24) is 0 Å². The second-order valence-electron chi connectivity index (χ2n) is 5.17. The molecule has 2 N–H and O–H groups in total. The fraction of sp³-hybridized carbons (Fsp3) is 0.222. The number of hydrogen-bond acceptors (Lipinski definition) is 4. The average Bonchev–Trinajstić information content (AvgIpc) is 2.54. The minimum atomic E-state index is -1.47. The Morgan fingerprint density at radius 3 is 2.39 bits per heavy atom.